The largest absolute Gasteiger partial charge is 0.472 e. The van der Waals surface area contributed by atoms with Gasteiger partial charge in [0.05, 0.1) is 26.4 Å². The molecule has 564 valence electrons. The fraction of sp³-hybridized carbons (Fsp3) is 0.722. The van der Waals surface area contributed by atoms with Crippen LogP contribution in [0.3, 0.4) is 0 Å². The van der Waals surface area contributed by atoms with Gasteiger partial charge in [-0.1, -0.05) is 246 Å². The highest BCUT2D eigenvalue weighted by Gasteiger charge is 2.30. The van der Waals surface area contributed by atoms with Gasteiger partial charge in [-0.15, -0.1) is 0 Å². The number of ether oxygens (including phenoxy) is 4. The van der Waals surface area contributed by atoms with E-state index in [4.69, 9.17) is 37.0 Å². The third-order valence-corrected chi connectivity index (χ3v) is 17.6. The minimum Gasteiger partial charge on any atom is -0.462 e. The number of phosphoric acid groups is 2. The number of esters is 4. The molecular formula is C79H136O17P2. The lowest BCUT2D eigenvalue weighted by Crippen LogP contribution is -2.30. The number of allylic oxidation sites excluding steroid dienone is 18. The minimum absolute atomic E-state index is 0.0730. The maximum Gasteiger partial charge on any atom is 0.472 e. The number of hydrogen-bond acceptors (Lipinski definition) is 15. The van der Waals surface area contributed by atoms with E-state index in [2.05, 4.69) is 137 Å². The van der Waals surface area contributed by atoms with Crippen LogP contribution in [0.15, 0.2) is 109 Å². The van der Waals surface area contributed by atoms with Gasteiger partial charge in [0.15, 0.2) is 12.2 Å². The van der Waals surface area contributed by atoms with E-state index in [0.717, 1.165) is 193 Å². The number of rotatable bonds is 71. The van der Waals surface area contributed by atoms with Crippen LogP contribution in [-0.4, -0.2) is 96.7 Å². The van der Waals surface area contributed by atoms with Crippen molar-refractivity contribution in [3.05, 3.63) is 109 Å². The van der Waals surface area contributed by atoms with Gasteiger partial charge in [0.25, 0.3) is 0 Å². The Morgan fingerprint density at radius 1 is 0.296 bits per heavy atom. The Bertz CT molecular complexity index is 2290. The number of carbonyl (C=O) groups excluding carboxylic acids is 4. The van der Waals surface area contributed by atoms with E-state index < -0.39 is 97.5 Å². The Balaban J connectivity index is 5.39. The van der Waals surface area contributed by atoms with Gasteiger partial charge in [0.2, 0.25) is 0 Å². The predicted molar refractivity (Wildman–Crippen MR) is 399 cm³/mol. The molecule has 98 heavy (non-hydrogen) atoms. The van der Waals surface area contributed by atoms with Gasteiger partial charge in [-0.05, 0) is 148 Å². The predicted octanol–water partition coefficient (Wildman–Crippen LogP) is 21.8. The first-order valence-corrected chi connectivity index (χ1v) is 41.1. The zero-order chi connectivity index (χ0) is 71.8. The average molecular weight is 1420 g/mol. The summed E-state index contributed by atoms with van der Waals surface area (Å²) in [5.41, 5.74) is 0. The summed E-state index contributed by atoms with van der Waals surface area (Å²) in [5, 5.41) is 10.6. The van der Waals surface area contributed by atoms with Gasteiger partial charge in [-0.3, -0.25) is 37.3 Å². The summed E-state index contributed by atoms with van der Waals surface area (Å²) in [7, 11) is -9.96. The van der Waals surface area contributed by atoms with Crippen molar-refractivity contribution in [1.29, 1.82) is 0 Å². The molecule has 0 aromatic heterocycles. The normalized spacial score (nSPS) is 14.6. The fourth-order valence-electron chi connectivity index (χ4n) is 9.86. The van der Waals surface area contributed by atoms with Crippen molar-refractivity contribution >= 4 is 39.5 Å². The number of phosphoric ester groups is 2. The monoisotopic (exact) mass is 1420 g/mol. The quantitative estimate of drug-likeness (QED) is 0.0169. The van der Waals surface area contributed by atoms with Crippen LogP contribution >= 0.6 is 15.6 Å². The average Bonchev–Trinajstić information content (AvgIpc) is 0.959. The maximum absolute atomic E-state index is 13.1. The second-order valence-corrected chi connectivity index (χ2v) is 28.1. The molecule has 0 aliphatic carbocycles. The number of aliphatic hydroxyl groups is 1. The van der Waals surface area contributed by atoms with Crippen molar-refractivity contribution < 1.29 is 80.2 Å². The van der Waals surface area contributed by atoms with Crippen LogP contribution in [0.2, 0.25) is 0 Å². The fourth-order valence-corrected chi connectivity index (χ4v) is 11.4. The smallest absolute Gasteiger partial charge is 0.462 e. The molecule has 0 rings (SSSR count). The molecule has 0 saturated heterocycles. The molecule has 3 N–H and O–H groups in total. The molecule has 19 heteroatoms. The SMILES string of the molecule is CC/C=C\C/C=C\C/C=C\CCCCCCCC(=O)OCC(COP(=O)(O)OCC(O)COP(=O)(O)OCC(COC(=O)CCCCCCC/C=C\C/C=C\CCCCC)OC(=O)CCCCCCC/C=C\C/C=C\CCCCC)OC(=O)CCCCCCC/C=C\C/C=C\CCC. The van der Waals surface area contributed by atoms with Gasteiger partial charge in [0, 0.05) is 25.7 Å². The lowest BCUT2D eigenvalue weighted by molar-refractivity contribution is -0.161. The summed E-state index contributed by atoms with van der Waals surface area (Å²) in [5.74, 6) is -2.23. The van der Waals surface area contributed by atoms with Crippen molar-refractivity contribution in [1.82, 2.24) is 0 Å². The van der Waals surface area contributed by atoms with E-state index >= 15 is 0 Å². The van der Waals surface area contributed by atoms with Crippen LogP contribution in [-0.2, 0) is 65.4 Å². The molecule has 0 aromatic rings. The van der Waals surface area contributed by atoms with Crippen LogP contribution in [0.4, 0.5) is 0 Å². The van der Waals surface area contributed by atoms with E-state index in [1.807, 2.05) is 0 Å². The molecule has 0 amide bonds. The molecule has 0 aliphatic heterocycles. The Kier molecular flexibility index (Phi) is 68.0. The highest BCUT2D eigenvalue weighted by molar-refractivity contribution is 7.47. The Morgan fingerprint density at radius 3 is 0.857 bits per heavy atom. The summed E-state index contributed by atoms with van der Waals surface area (Å²) in [6, 6.07) is 0. The topological polar surface area (TPSA) is 237 Å². The van der Waals surface area contributed by atoms with Crippen molar-refractivity contribution in [3.8, 4) is 0 Å². The molecule has 0 aliphatic rings. The number of carbonyl (C=O) groups is 4. The molecule has 0 radical (unpaired) electrons. The van der Waals surface area contributed by atoms with E-state index in [9.17, 15) is 43.2 Å². The molecule has 0 heterocycles. The summed E-state index contributed by atoms with van der Waals surface area (Å²) >= 11 is 0. The molecule has 0 spiro atoms. The lowest BCUT2D eigenvalue weighted by Gasteiger charge is -2.21. The molecular weight excluding hydrogens is 1280 g/mol. The maximum atomic E-state index is 13.1. The van der Waals surface area contributed by atoms with Crippen molar-refractivity contribution in [2.24, 2.45) is 0 Å². The molecule has 17 nitrogen and oxygen atoms in total. The minimum atomic E-state index is -4.98. The summed E-state index contributed by atoms with van der Waals surface area (Å²) in [4.78, 5) is 72.8. The second-order valence-electron chi connectivity index (χ2n) is 25.2. The second kappa shape index (κ2) is 71.1. The molecule has 0 aromatic carbocycles. The Morgan fingerprint density at radius 2 is 0.551 bits per heavy atom. The summed E-state index contributed by atoms with van der Waals surface area (Å²) in [6.45, 7) is 4.58. The van der Waals surface area contributed by atoms with Crippen LogP contribution in [0.1, 0.15) is 310 Å². The van der Waals surface area contributed by atoms with Crippen molar-refractivity contribution in [2.45, 2.75) is 329 Å². The number of unbranched alkanes of at least 4 members (excludes halogenated alkanes) is 27. The first-order chi connectivity index (χ1) is 47.7. The third-order valence-electron chi connectivity index (χ3n) is 15.7. The molecule has 5 atom stereocenters. The highest BCUT2D eigenvalue weighted by atomic mass is 31.2. The van der Waals surface area contributed by atoms with Gasteiger partial charge in [0.1, 0.15) is 19.3 Å². The zero-order valence-electron chi connectivity index (χ0n) is 61.4. The highest BCUT2D eigenvalue weighted by Crippen LogP contribution is 2.45. The molecule has 0 fully saturated rings. The van der Waals surface area contributed by atoms with E-state index in [-0.39, 0.29) is 25.7 Å². The molecule has 5 unspecified atom stereocenters. The Hall–Kier alpha value is -4.28. The van der Waals surface area contributed by atoms with Crippen molar-refractivity contribution in [3.63, 3.8) is 0 Å². The van der Waals surface area contributed by atoms with E-state index in [0.29, 0.717) is 25.7 Å². The molecule has 0 bridgehead atoms. The van der Waals surface area contributed by atoms with Gasteiger partial charge in [-0.25, -0.2) is 9.13 Å². The standard InChI is InChI=1S/C79H136O17P2/c1-5-9-13-17-21-25-29-33-36-40-43-47-51-55-59-63-76(81)89-69-74(95-78(83)65-61-57-53-49-45-39-32-28-24-20-16-12-8-4)71-93-97(85,86)91-67-73(80)68-92-98(87,88)94-72-75(96-79(84)66-62-58-54-50-46-42-38-35-31-27-23-19-15-11-7-3)70-90-77(82)64-60-56-52-48-44-41-37-34-30-26-22-18-14-10-6-2/h9,13,16,20-23,25-28,32-38,73-75,80H,5-8,10-12,14-15,17-19,24,29-31,39-72H2,1-4H3,(H,85,86)(H,87,88)/b13-9-,20-16-,25-21-,26-22-,27-23-,32-28-,36-33-,37-34-,38-35-. The number of aliphatic hydroxyl groups excluding tert-OH is 1. The third kappa shape index (κ3) is 70.2. The van der Waals surface area contributed by atoms with Gasteiger partial charge in [-0.2, -0.15) is 0 Å². The van der Waals surface area contributed by atoms with Crippen LogP contribution in [0.5, 0.6) is 0 Å². The van der Waals surface area contributed by atoms with Crippen LogP contribution in [0, 0.1) is 0 Å². The van der Waals surface area contributed by atoms with Crippen LogP contribution in [0.25, 0.3) is 0 Å². The zero-order valence-corrected chi connectivity index (χ0v) is 63.2. The summed E-state index contributed by atoms with van der Waals surface area (Å²) < 4.78 is 68.4. The van der Waals surface area contributed by atoms with E-state index in [1.165, 1.54) is 38.5 Å². The lowest BCUT2D eigenvalue weighted by atomic mass is 10.1. The first-order valence-electron chi connectivity index (χ1n) is 38.1. The summed E-state index contributed by atoms with van der Waals surface area (Å²) in [6.07, 6.45) is 75.0. The van der Waals surface area contributed by atoms with Crippen LogP contribution < -0.4 is 0 Å². The first kappa shape index (κ1) is 93.7. The van der Waals surface area contributed by atoms with Gasteiger partial charge < -0.3 is 33.8 Å². The Labute approximate surface area is 594 Å². The van der Waals surface area contributed by atoms with E-state index in [1.54, 1.807) is 0 Å². The van der Waals surface area contributed by atoms with Gasteiger partial charge >= 0.3 is 39.5 Å². The molecule has 0 saturated carbocycles. The number of hydrogen-bond donors (Lipinski definition) is 3. The van der Waals surface area contributed by atoms with Crippen molar-refractivity contribution in [2.75, 3.05) is 39.6 Å².